The molecular weight excluding hydrogens is 154 g/mol. The van der Waals surface area contributed by atoms with Crippen molar-refractivity contribution in [2.75, 3.05) is 6.54 Å². The Morgan fingerprint density at radius 1 is 1.67 bits per heavy atom. The summed E-state index contributed by atoms with van der Waals surface area (Å²) in [5.41, 5.74) is 0.967. The molecule has 1 saturated heterocycles. The molecule has 1 rings (SSSR count). The van der Waals surface area contributed by atoms with Gasteiger partial charge in [-0.3, -0.25) is 4.79 Å². The Bertz CT molecular complexity index is 179. The summed E-state index contributed by atoms with van der Waals surface area (Å²) in [7, 11) is 0. The zero-order valence-corrected chi connectivity index (χ0v) is 7.34. The average molecular weight is 169 g/mol. The zero-order chi connectivity index (χ0) is 9.14. The number of carboxylic acid groups (broad SMARTS) is 1. The Morgan fingerprint density at radius 2 is 2.33 bits per heavy atom. The van der Waals surface area contributed by atoms with Gasteiger partial charge in [-0.05, 0) is 26.3 Å². The van der Waals surface area contributed by atoms with Gasteiger partial charge in [0, 0.05) is 5.92 Å². The molecule has 12 heavy (non-hydrogen) atoms. The molecular formula is C9H15NO2. The van der Waals surface area contributed by atoms with E-state index in [1.807, 2.05) is 6.92 Å². The standard InChI is InChI=1S/C9H15NO2/c1-6(2)7-4-3-5-10-8(7)9(11)12/h7-8,10H,1,3-5H2,2H3,(H,11,12)/t7-,8+/m1/s1. The predicted molar refractivity (Wildman–Crippen MR) is 47.0 cm³/mol. The van der Waals surface area contributed by atoms with Gasteiger partial charge < -0.3 is 10.4 Å². The third-order valence-electron chi connectivity index (χ3n) is 2.36. The maximum Gasteiger partial charge on any atom is 0.321 e. The first-order valence-corrected chi connectivity index (χ1v) is 4.24. The first-order valence-electron chi connectivity index (χ1n) is 4.24. The Morgan fingerprint density at radius 3 is 2.75 bits per heavy atom. The highest BCUT2D eigenvalue weighted by Gasteiger charge is 2.30. The number of hydrogen-bond acceptors (Lipinski definition) is 2. The van der Waals surface area contributed by atoms with E-state index in [1.165, 1.54) is 0 Å². The number of piperidine rings is 1. The molecule has 0 aromatic carbocycles. The molecule has 3 heteroatoms. The van der Waals surface area contributed by atoms with Crippen molar-refractivity contribution in [3.63, 3.8) is 0 Å². The third kappa shape index (κ3) is 1.85. The van der Waals surface area contributed by atoms with Crippen LogP contribution in [0.15, 0.2) is 12.2 Å². The van der Waals surface area contributed by atoms with E-state index in [-0.39, 0.29) is 5.92 Å². The van der Waals surface area contributed by atoms with Crippen molar-refractivity contribution in [1.82, 2.24) is 5.32 Å². The summed E-state index contributed by atoms with van der Waals surface area (Å²) in [4.78, 5) is 10.8. The fourth-order valence-electron chi connectivity index (χ4n) is 1.68. The van der Waals surface area contributed by atoms with Crippen LogP contribution in [-0.2, 0) is 4.79 Å². The predicted octanol–water partition coefficient (Wildman–Crippen LogP) is 1.02. The quantitative estimate of drug-likeness (QED) is 0.607. The van der Waals surface area contributed by atoms with E-state index in [1.54, 1.807) is 0 Å². The summed E-state index contributed by atoms with van der Waals surface area (Å²) in [6.07, 6.45) is 1.99. The van der Waals surface area contributed by atoms with Crippen LogP contribution in [0.2, 0.25) is 0 Å². The number of nitrogens with one attached hydrogen (secondary N) is 1. The van der Waals surface area contributed by atoms with Crippen LogP contribution >= 0.6 is 0 Å². The second-order valence-electron chi connectivity index (χ2n) is 3.37. The molecule has 0 aromatic rings. The number of carbonyl (C=O) groups is 1. The highest BCUT2D eigenvalue weighted by atomic mass is 16.4. The van der Waals surface area contributed by atoms with E-state index in [2.05, 4.69) is 11.9 Å². The lowest BCUT2D eigenvalue weighted by Crippen LogP contribution is -2.47. The van der Waals surface area contributed by atoms with Crippen LogP contribution < -0.4 is 5.32 Å². The molecule has 0 spiro atoms. The third-order valence-corrected chi connectivity index (χ3v) is 2.36. The van der Waals surface area contributed by atoms with Crippen molar-refractivity contribution in [1.29, 1.82) is 0 Å². The lowest BCUT2D eigenvalue weighted by atomic mass is 9.86. The van der Waals surface area contributed by atoms with Crippen LogP contribution in [-0.4, -0.2) is 23.7 Å². The largest absolute Gasteiger partial charge is 0.480 e. The SMILES string of the molecule is C=C(C)[C@H]1CCCN[C@@H]1C(=O)O. The lowest BCUT2D eigenvalue weighted by molar-refractivity contribution is -0.141. The van der Waals surface area contributed by atoms with Crippen molar-refractivity contribution >= 4 is 5.97 Å². The number of hydrogen-bond donors (Lipinski definition) is 2. The van der Waals surface area contributed by atoms with Gasteiger partial charge >= 0.3 is 5.97 Å². The molecule has 0 aliphatic carbocycles. The molecule has 0 amide bonds. The topological polar surface area (TPSA) is 49.3 Å². The minimum Gasteiger partial charge on any atom is -0.480 e. The molecule has 0 unspecified atom stereocenters. The molecule has 68 valence electrons. The van der Waals surface area contributed by atoms with Gasteiger partial charge in [-0.1, -0.05) is 12.2 Å². The van der Waals surface area contributed by atoms with Crippen LogP contribution in [0.4, 0.5) is 0 Å². The highest BCUT2D eigenvalue weighted by molar-refractivity contribution is 5.74. The zero-order valence-electron chi connectivity index (χ0n) is 7.34. The Kier molecular flexibility index (Phi) is 2.87. The van der Waals surface area contributed by atoms with Crippen molar-refractivity contribution in [3.05, 3.63) is 12.2 Å². The maximum absolute atomic E-state index is 10.8. The van der Waals surface area contributed by atoms with E-state index in [0.29, 0.717) is 0 Å². The summed E-state index contributed by atoms with van der Waals surface area (Å²) in [6.45, 7) is 6.51. The van der Waals surface area contributed by atoms with Crippen LogP contribution in [0.5, 0.6) is 0 Å². The fourth-order valence-corrected chi connectivity index (χ4v) is 1.68. The molecule has 0 saturated carbocycles. The minimum absolute atomic E-state index is 0.108. The molecule has 1 aliphatic heterocycles. The normalized spacial score (nSPS) is 29.8. The van der Waals surface area contributed by atoms with Gasteiger partial charge in [-0.2, -0.15) is 0 Å². The van der Waals surface area contributed by atoms with E-state index >= 15 is 0 Å². The van der Waals surface area contributed by atoms with Gasteiger partial charge in [0.05, 0.1) is 0 Å². The molecule has 0 aromatic heterocycles. The molecule has 1 fully saturated rings. The number of aliphatic carboxylic acids is 1. The van der Waals surface area contributed by atoms with Gasteiger partial charge in [0.15, 0.2) is 0 Å². The fraction of sp³-hybridized carbons (Fsp3) is 0.667. The first-order chi connectivity index (χ1) is 5.63. The second kappa shape index (κ2) is 3.72. The van der Waals surface area contributed by atoms with Gasteiger partial charge in [0.2, 0.25) is 0 Å². The summed E-state index contributed by atoms with van der Waals surface area (Å²) in [5.74, 6) is -0.654. The summed E-state index contributed by atoms with van der Waals surface area (Å²) >= 11 is 0. The van der Waals surface area contributed by atoms with E-state index in [0.717, 1.165) is 25.0 Å². The second-order valence-corrected chi connectivity index (χ2v) is 3.37. The molecule has 3 nitrogen and oxygen atoms in total. The smallest absolute Gasteiger partial charge is 0.321 e. The van der Waals surface area contributed by atoms with Gasteiger partial charge in [-0.15, -0.1) is 0 Å². The molecule has 0 radical (unpaired) electrons. The minimum atomic E-state index is -0.761. The van der Waals surface area contributed by atoms with Crippen LogP contribution in [0, 0.1) is 5.92 Å². The Labute approximate surface area is 72.5 Å². The maximum atomic E-state index is 10.8. The van der Waals surface area contributed by atoms with Gasteiger partial charge in [0.1, 0.15) is 6.04 Å². The molecule has 2 N–H and O–H groups in total. The molecule has 1 heterocycles. The van der Waals surface area contributed by atoms with Crippen molar-refractivity contribution in [2.45, 2.75) is 25.8 Å². The van der Waals surface area contributed by atoms with Crippen LogP contribution in [0.3, 0.4) is 0 Å². The number of rotatable bonds is 2. The monoisotopic (exact) mass is 169 g/mol. The van der Waals surface area contributed by atoms with E-state index in [4.69, 9.17) is 5.11 Å². The van der Waals surface area contributed by atoms with Crippen LogP contribution in [0.1, 0.15) is 19.8 Å². The molecule has 0 bridgehead atoms. The molecule has 2 atom stereocenters. The first kappa shape index (κ1) is 9.26. The van der Waals surface area contributed by atoms with Crippen molar-refractivity contribution in [2.24, 2.45) is 5.92 Å². The summed E-state index contributed by atoms with van der Waals surface area (Å²) < 4.78 is 0. The van der Waals surface area contributed by atoms with Gasteiger partial charge in [-0.25, -0.2) is 0 Å². The van der Waals surface area contributed by atoms with E-state index < -0.39 is 12.0 Å². The van der Waals surface area contributed by atoms with Crippen molar-refractivity contribution in [3.8, 4) is 0 Å². The van der Waals surface area contributed by atoms with Gasteiger partial charge in [0.25, 0.3) is 0 Å². The number of carboxylic acids is 1. The summed E-state index contributed by atoms with van der Waals surface area (Å²) in [5, 5.41) is 11.8. The van der Waals surface area contributed by atoms with Crippen LogP contribution in [0.25, 0.3) is 0 Å². The average Bonchev–Trinajstić information content (AvgIpc) is 2.04. The Balaban J connectivity index is 2.67. The Hall–Kier alpha value is -0.830. The molecule has 1 aliphatic rings. The van der Waals surface area contributed by atoms with Crippen molar-refractivity contribution < 1.29 is 9.90 Å². The highest BCUT2D eigenvalue weighted by Crippen LogP contribution is 2.22. The summed E-state index contributed by atoms with van der Waals surface area (Å²) in [6, 6.07) is -0.420. The lowest BCUT2D eigenvalue weighted by Gasteiger charge is -2.29. The van der Waals surface area contributed by atoms with E-state index in [9.17, 15) is 4.79 Å².